The first kappa shape index (κ1) is 20.1. The number of rotatable bonds is 5. The average Bonchev–Trinajstić information content (AvgIpc) is 2.97. The van der Waals surface area contributed by atoms with Crippen molar-refractivity contribution in [3.63, 3.8) is 0 Å². The molecule has 2 aliphatic heterocycles. The number of ether oxygens (including phenoxy) is 1. The van der Waals surface area contributed by atoms with E-state index in [1.165, 1.54) is 17.0 Å². The van der Waals surface area contributed by atoms with Gasteiger partial charge in [0.1, 0.15) is 19.0 Å². The Morgan fingerprint density at radius 1 is 1.21 bits per heavy atom. The maximum absolute atomic E-state index is 13.2. The second-order valence-corrected chi connectivity index (χ2v) is 7.59. The fourth-order valence-corrected chi connectivity index (χ4v) is 3.60. The summed E-state index contributed by atoms with van der Waals surface area (Å²) in [4.78, 5) is 42.0. The molecule has 0 N–H and O–H groups in total. The zero-order valence-electron chi connectivity index (χ0n) is 16.3. The van der Waals surface area contributed by atoms with Gasteiger partial charge in [-0.05, 0) is 23.6 Å². The zero-order valence-corrected chi connectivity index (χ0v) is 16.3. The van der Waals surface area contributed by atoms with Crippen molar-refractivity contribution in [3.8, 4) is 0 Å². The highest BCUT2D eigenvalue weighted by Crippen LogP contribution is 2.21. The quantitative estimate of drug-likeness (QED) is 0.768. The summed E-state index contributed by atoms with van der Waals surface area (Å²) in [5, 5.41) is 0. The van der Waals surface area contributed by atoms with Crippen LogP contribution in [0.15, 0.2) is 24.3 Å². The molecular weight excluding hydrogens is 365 g/mol. The first-order chi connectivity index (χ1) is 13.3. The molecule has 0 radical (unpaired) electrons. The monoisotopic (exact) mass is 391 g/mol. The summed E-state index contributed by atoms with van der Waals surface area (Å²) >= 11 is 0. The zero-order chi connectivity index (χ0) is 20.3. The Labute approximate surface area is 164 Å². The fourth-order valence-electron chi connectivity index (χ4n) is 3.60. The van der Waals surface area contributed by atoms with Gasteiger partial charge in [0.15, 0.2) is 0 Å². The van der Waals surface area contributed by atoms with Crippen LogP contribution in [-0.4, -0.2) is 71.4 Å². The third-order valence-electron chi connectivity index (χ3n) is 5.28. The molecule has 2 aliphatic rings. The van der Waals surface area contributed by atoms with Gasteiger partial charge >= 0.3 is 6.09 Å². The van der Waals surface area contributed by atoms with E-state index in [1.807, 2.05) is 13.8 Å². The molecule has 152 valence electrons. The molecule has 2 heterocycles. The lowest BCUT2D eigenvalue weighted by Crippen LogP contribution is -2.48. The molecule has 2 saturated heterocycles. The summed E-state index contributed by atoms with van der Waals surface area (Å²) in [5.74, 6) is -0.391. The van der Waals surface area contributed by atoms with Crippen LogP contribution in [0.3, 0.4) is 0 Å². The summed E-state index contributed by atoms with van der Waals surface area (Å²) in [7, 11) is 0. The first-order valence-corrected chi connectivity index (χ1v) is 9.58. The molecule has 2 fully saturated rings. The minimum Gasteiger partial charge on any atom is -0.448 e. The largest absolute Gasteiger partial charge is 0.448 e. The number of cyclic esters (lactones) is 1. The predicted octanol–water partition coefficient (Wildman–Crippen LogP) is 1.86. The number of halogens is 1. The van der Waals surface area contributed by atoms with Crippen LogP contribution in [0.2, 0.25) is 0 Å². The molecule has 1 atom stereocenters. The van der Waals surface area contributed by atoms with Crippen molar-refractivity contribution in [3.05, 3.63) is 35.6 Å². The fraction of sp³-hybridized carbons (Fsp3) is 0.550. The molecule has 1 aromatic rings. The van der Waals surface area contributed by atoms with Gasteiger partial charge in [-0.2, -0.15) is 0 Å². The Bertz CT molecular complexity index is 737. The van der Waals surface area contributed by atoms with Crippen LogP contribution in [0.5, 0.6) is 0 Å². The number of amides is 3. The van der Waals surface area contributed by atoms with E-state index in [1.54, 1.807) is 21.9 Å². The Hall–Kier alpha value is -2.64. The van der Waals surface area contributed by atoms with E-state index in [4.69, 9.17) is 4.74 Å². The van der Waals surface area contributed by atoms with Crippen LogP contribution in [0.1, 0.15) is 25.8 Å². The van der Waals surface area contributed by atoms with Gasteiger partial charge in [-0.1, -0.05) is 26.0 Å². The highest BCUT2D eigenvalue weighted by Gasteiger charge is 2.34. The second kappa shape index (κ2) is 8.58. The van der Waals surface area contributed by atoms with Crippen LogP contribution in [0.25, 0.3) is 0 Å². The van der Waals surface area contributed by atoms with Crippen molar-refractivity contribution < 1.29 is 23.5 Å². The second-order valence-electron chi connectivity index (χ2n) is 7.59. The van der Waals surface area contributed by atoms with E-state index in [0.29, 0.717) is 32.8 Å². The molecule has 3 rings (SSSR count). The molecule has 3 amide bonds. The van der Waals surface area contributed by atoms with Crippen LogP contribution >= 0.6 is 0 Å². The summed E-state index contributed by atoms with van der Waals surface area (Å²) in [5.41, 5.74) is 0.847. The molecule has 0 aliphatic carbocycles. The van der Waals surface area contributed by atoms with Crippen molar-refractivity contribution in [2.24, 2.45) is 5.92 Å². The van der Waals surface area contributed by atoms with Gasteiger partial charge in [0, 0.05) is 26.1 Å². The Morgan fingerprint density at radius 3 is 2.54 bits per heavy atom. The van der Waals surface area contributed by atoms with Gasteiger partial charge in [-0.3, -0.25) is 14.5 Å². The predicted molar refractivity (Wildman–Crippen MR) is 99.7 cm³/mol. The number of carbonyl (C=O) groups is 3. The molecule has 1 unspecified atom stereocenters. The average molecular weight is 391 g/mol. The molecule has 8 heteroatoms. The van der Waals surface area contributed by atoms with Crippen LogP contribution in [-0.2, 0) is 20.9 Å². The van der Waals surface area contributed by atoms with Crippen molar-refractivity contribution in [1.82, 2.24) is 14.7 Å². The van der Waals surface area contributed by atoms with E-state index in [9.17, 15) is 18.8 Å². The van der Waals surface area contributed by atoms with Crippen LogP contribution in [0.4, 0.5) is 9.18 Å². The van der Waals surface area contributed by atoms with Crippen molar-refractivity contribution >= 4 is 17.9 Å². The van der Waals surface area contributed by atoms with Gasteiger partial charge < -0.3 is 14.5 Å². The maximum Gasteiger partial charge on any atom is 0.410 e. The number of benzene rings is 1. The molecule has 28 heavy (non-hydrogen) atoms. The van der Waals surface area contributed by atoms with Gasteiger partial charge in [-0.15, -0.1) is 0 Å². The highest BCUT2D eigenvalue weighted by atomic mass is 19.1. The lowest BCUT2D eigenvalue weighted by atomic mass is 10.0. The minimum absolute atomic E-state index is 0.0288. The number of carbonyl (C=O) groups excluding carboxylic acids is 3. The van der Waals surface area contributed by atoms with E-state index >= 15 is 0 Å². The third kappa shape index (κ3) is 4.61. The van der Waals surface area contributed by atoms with Crippen molar-refractivity contribution in [1.29, 1.82) is 0 Å². The van der Waals surface area contributed by atoms with Crippen LogP contribution < -0.4 is 0 Å². The maximum atomic E-state index is 13.2. The number of hydrogen-bond acceptors (Lipinski definition) is 4. The summed E-state index contributed by atoms with van der Waals surface area (Å²) in [6.45, 7) is 5.81. The summed E-state index contributed by atoms with van der Waals surface area (Å²) in [6.07, 6.45) is -0.252. The summed E-state index contributed by atoms with van der Waals surface area (Å²) < 4.78 is 18.1. The first-order valence-electron chi connectivity index (χ1n) is 9.58. The molecule has 0 aromatic heterocycles. The Kier molecular flexibility index (Phi) is 6.16. The van der Waals surface area contributed by atoms with E-state index in [0.717, 1.165) is 5.56 Å². The molecule has 7 nitrogen and oxygen atoms in total. The van der Waals surface area contributed by atoms with E-state index < -0.39 is 6.09 Å². The van der Waals surface area contributed by atoms with Gasteiger partial charge in [-0.25, -0.2) is 9.18 Å². The molecule has 0 bridgehead atoms. The topological polar surface area (TPSA) is 70.2 Å². The van der Waals surface area contributed by atoms with Gasteiger partial charge in [0.2, 0.25) is 11.8 Å². The lowest BCUT2D eigenvalue weighted by Gasteiger charge is -2.35. The third-order valence-corrected chi connectivity index (χ3v) is 5.28. The molecular formula is C20H26FN3O4. The highest BCUT2D eigenvalue weighted by molar-refractivity contribution is 5.84. The SMILES string of the molecule is CC(C)C1CN(C(=O)CN2CCOC2=O)CCC(=O)N1Cc1ccc(F)cc1. The minimum atomic E-state index is -0.474. The molecule has 0 spiro atoms. The smallest absolute Gasteiger partial charge is 0.410 e. The molecule has 1 aromatic carbocycles. The Balaban J connectivity index is 1.72. The van der Waals surface area contributed by atoms with Crippen molar-refractivity contribution in [2.45, 2.75) is 32.9 Å². The van der Waals surface area contributed by atoms with Gasteiger partial charge in [0.25, 0.3) is 0 Å². The molecule has 0 saturated carbocycles. The number of hydrogen-bond donors (Lipinski definition) is 0. The van der Waals surface area contributed by atoms with E-state index in [2.05, 4.69) is 0 Å². The summed E-state index contributed by atoms with van der Waals surface area (Å²) in [6, 6.07) is 5.95. The van der Waals surface area contributed by atoms with Crippen molar-refractivity contribution in [2.75, 3.05) is 32.8 Å². The van der Waals surface area contributed by atoms with Crippen LogP contribution in [0, 0.1) is 11.7 Å². The number of nitrogens with zero attached hydrogens (tertiary/aromatic N) is 3. The van der Waals surface area contributed by atoms with Gasteiger partial charge in [0.05, 0.1) is 12.6 Å². The standard InChI is InChI=1S/C20H26FN3O4/c1-14(2)17-12-22(19(26)13-23-9-10-28-20(23)27)8-7-18(25)24(17)11-15-3-5-16(21)6-4-15/h3-6,14,17H,7-13H2,1-2H3. The Morgan fingerprint density at radius 2 is 1.93 bits per heavy atom. The van der Waals surface area contributed by atoms with E-state index in [-0.39, 0.29) is 42.6 Å². The lowest BCUT2D eigenvalue weighted by molar-refractivity contribution is -0.134. The normalized spacial score (nSPS) is 20.6.